The molecule has 144 valence electrons. The molecule has 1 fully saturated rings. The third-order valence-electron chi connectivity index (χ3n) is 4.46. The summed E-state index contributed by atoms with van der Waals surface area (Å²) in [6.07, 6.45) is -0.373. The second-order valence-corrected chi connectivity index (χ2v) is 6.41. The van der Waals surface area contributed by atoms with Gasteiger partial charge in [0.2, 0.25) is 0 Å². The van der Waals surface area contributed by atoms with Crippen LogP contribution < -0.4 is 9.64 Å². The lowest BCUT2D eigenvalue weighted by atomic mass is 10.1. The van der Waals surface area contributed by atoms with Crippen molar-refractivity contribution in [3.8, 4) is 5.75 Å². The molecule has 0 aliphatic carbocycles. The molecule has 2 rings (SSSR count). The van der Waals surface area contributed by atoms with Gasteiger partial charge in [-0.05, 0) is 31.2 Å². The van der Waals surface area contributed by atoms with E-state index in [1.807, 2.05) is 6.92 Å². The van der Waals surface area contributed by atoms with Crippen LogP contribution in [0.15, 0.2) is 24.3 Å². The minimum atomic E-state index is -0.587. The molecular weight excluding hydrogens is 336 g/mol. The molecule has 0 spiro atoms. The van der Waals surface area contributed by atoms with Crippen LogP contribution in [0.3, 0.4) is 0 Å². The fraction of sp³-hybridized carbons (Fsp3) is 0.579. The number of aliphatic hydroxyl groups is 1. The summed E-state index contributed by atoms with van der Waals surface area (Å²) in [6.45, 7) is 7.62. The van der Waals surface area contributed by atoms with E-state index in [1.165, 1.54) is 4.90 Å². The Bertz CT molecular complexity index is 582. The number of quaternary nitrogens is 1. The molecule has 0 unspecified atom stereocenters. The third kappa shape index (κ3) is 6.00. The summed E-state index contributed by atoms with van der Waals surface area (Å²) in [6, 6.07) is 6.99. The highest BCUT2D eigenvalue weighted by atomic mass is 16.6. The molecule has 7 heteroatoms. The van der Waals surface area contributed by atoms with Crippen molar-refractivity contribution in [2.24, 2.45) is 0 Å². The molecule has 1 aromatic rings. The van der Waals surface area contributed by atoms with Gasteiger partial charge in [-0.3, -0.25) is 9.69 Å². The number of ether oxygens (including phenoxy) is 2. The molecule has 0 bridgehead atoms. The van der Waals surface area contributed by atoms with Crippen LogP contribution in [0.2, 0.25) is 0 Å². The van der Waals surface area contributed by atoms with Gasteiger partial charge in [0.25, 0.3) is 0 Å². The number of aliphatic hydroxyl groups excluding tert-OH is 1. The molecule has 1 aromatic carbocycles. The number of benzene rings is 1. The summed E-state index contributed by atoms with van der Waals surface area (Å²) in [5.74, 6) is 0.737. The number of Topliss-reactive ketones (excluding diaryl/α,β-unsaturated/α-hetero) is 1. The van der Waals surface area contributed by atoms with Crippen LogP contribution >= 0.6 is 0 Å². The van der Waals surface area contributed by atoms with Crippen molar-refractivity contribution in [2.75, 3.05) is 45.9 Å². The van der Waals surface area contributed by atoms with Gasteiger partial charge in [0, 0.05) is 12.0 Å². The van der Waals surface area contributed by atoms with Crippen LogP contribution in [0, 0.1) is 0 Å². The maximum Gasteiger partial charge on any atom is 0.410 e. The van der Waals surface area contributed by atoms with Crippen LogP contribution in [0.25, 0.3) is 0 Å². The minimum absolute atomic E-state index is 0.0992. The van der Waals surface area contributed by atoms with Crippen LogP contribution in [0.4, 0.5) is 4.79 Å². The van der Waals surface area contributed by atoms with Gasteiger partial charge in [-0.2, -0.15) is 0 Å². The Morgan fingerprint density at radius 2 is 1.85 bits per heavy atom. The molecule has 1 aliphatic rings. The largest absolute Gasteiger partial charge is 0.491 e. The number of nitrogens with zero attached hydrogens (tertiary/aromatic N) is 1. The Morgan fingerprint density at radius 1 is 1.19 bits per heavy atom. The van der Waals surface area contributed by atoms with E-state index < -0.39 is 6.10 Å². The van der Waals surface area contributed by atoms with Gasteiger partial charge in [-0.1, -0.05) is 6.92 Å². The predicted octanol–water partition coefficient (Wildman–Crippen LogP) is 0.376. The molecule has 7 nitrogen and oxygen atoms in total. The number of piperazine rings is 1. The smallest absolute Gasteiger partial charge is 0.410 e. The van der Waals surface area contributed by atoms with Gasteiger partial charge in [-0.25, -0.2) is 4.79 Å². The van der Waals surface area contributed by atoms with Gasteiger partial charge in [0.1, 0.15) is 25.0 Å². The number of hydrogen-bond acceptors (Lipinski definition) is 5. The summed E-state index contributed by atoms with van der Waals surface area (Å²) in [5.41, 5.74) is 0.671. The number of rotatable bonds is 8. The minimum Gasteiger partial charge on any atom is -0.491 e. The van der Waals surface area contributed by atoms with E-state index in [0.717, 1.165) is 13.1 Å². The predicted molar refractivity (Wildman–Crippen MR) is 96.7 cm³/mol. The molecule has 0 aromatic heterocycles. The molecule has 0 radical (unpaired) electrons. The molecule has 1 saturated heterocycles. The molecule has 1 amide bonds. The fourth-order valence-corrected chi connectivity index (χ4v) is 2.95. The topological polar surface area (TPSA) is 80.5 Å². The van der Waals surface area contributed by atoms with E-state index in [1.54, 1.807) is 36.1 Å². The zero-order valence-electron chi connectivity index (χ0n) is 15.6. The van der Waals surface area contributed by atoms with Crippen molar-refractivity contribution < 1.29 is 29.1 Å². The van der Waals surface area contributed by atoms with Crippen molar-refractivity contribution in [2.45, 2.75) is 26.4 Å². The monoisotopic (exact) mass is 365 g/mol. The van der Waals surface area contributed by atoms with Gasteiger partial charge in [0.15, 0.2) is 5.78 Å². The number of carbonyl (C=O) groups is 2. The van der Waals surface area contributed by atoms with Gasteiger partial charge < -0.3 is 19.5 Å². The maximum atomic E-state index is 11.7. The third-order valence-corrected chi connectivity index (χ3v) is 4.46. The second-order valence-electron chi connectivity index (χ2n) is 6.41. The van der Waals surface area contributed by atoms with Crippen molar-refractivity contribution in [1.29, 1.82) is 0 Å². The number of nitrogens with one attached hydrogen (secondary N) is 1. The van der Waals surface area contributed by atoms with Gasteiger partial charge >= 0.3 is 6.09 Å². The second kappa shape index (κ2) is 10.1. The van der Waals surface area contributed by atoms with Crippen LogP contribution in [-0.2, 0) is 4.74 Å². The van der Waals surface area contributed by atoms with E-state index in [9.17, 15) is 14.7 Å². The first kappa shape index (κ1) is 20.2. The van der Waals surface area contributed by atoms with E-state index in [0.29, 0.717) is 44.0 Å². The van der Waals surface area contributed by atoms with Crippen molar-refractivity contribution in [3.05, 3.63) is 29.8 Å². The van der Waals surface area contributed by atoms with Crippen LogP contribution in [0.5, 0.6) is 5.75 Å². The number of amides is 1. The van der Waals surface area contributed by atoms with Crippen molar-refractivity contribution in [3.63, 3.8) is 0 Å². The summed E-state index contributed by atoms with van der Waals surface area (Å²) in [5, 5.41) is 10.2. The summed E-state index contributed by atoms with van der Waals surface area (Å²) in [4.78, 5) is 26.2. The maximum absolute atomic E-state index is 11.7. The average molecular weight is 365 g/mol. The summed E-state index contributed by atoms with van der Waals surface area (Å²) >= 11 is 0. The number of carbonyl (C=O) groups excluding carboxylic acids is 2. The average Bonchev–Trinajstić information content (AvgIpc) is 2.67. The van der Waals surface area contributed by atoms with Gasteiger partial charge in [0.05, 0.1) is 32.8 Å². The van der Waals surface area contributed by atoms with Crippen molar-refractivity contribution >= 4 is 11.9 Å². The lowest BCUT2D eigenvalue weighted by Crippen LogP contribution is -3.16. The normalized spacial score (nSPS) is 16.2. The zero-order chi connectivity index (χ0) is 18.9. The summed E-state index contributed by atoms with van der Waals surface area (Å²) in [7, 11) is 0. The first-order valence-electron chi connectivity index (χ1n) is 9.22. The molecule has 0 saturated carbocycles. The van der Waals surface area contributed by atoms with E-state index in [4.69, 9.17) is 9.47 Å². The molecule has 1 atom stereocenters. The van der Waals surface area contributed by atoms with E-state index in [2.05, 4.69) is 0 Å². The van der Waals surface area contributed by atoms with E-state index in [-0.39, 0.29) is 18.5 Å². The Hall–Kier alpha value is -2.12. The zero-order valence-corrected chi connectivity index (χ0v) is 15.6. The lowest BCUT2D eigenvalue weighted by Gasteiger charge is -2.32. The fourth-order valence-electron chi connectivity index (χ4n) is 2.95. The Balaban J connectivity index is 1.70. The molecule has 1 heterocycles. The Labute approximate surface area is 154 Å². The van der Waals surface area contributed by atoms with Crippen molar-refractivity contribution in [1.82, 2.24) is 4.90 Å². The van der Waals surface area contributed by atoms with E-state index >= 15 is 0 Å². The number of ketones is 1. The standard InChI is InChI=1S/C19H28N2O5/c1-3-18(23)15-5-7-17(8-6-15)26-14-16(22)13-20-9-11-21(12-10-20)19(24)25-4-2/h5-8,16,22H,3-4,9-14H2,1-2H3/p+1/t16-/m0/s1. The highest BCUT2D eigenvalue weighted by Crippen LogP contribution is 2.13. The summed E-state index contributed by atoms with van der Waals surface area (Å²) < 4.78 is 10.6. The van der Waals surface area contributed by atoms with Crippen LogP contribution in [0.1, 0.15) is 30.6 Å². The first-order chi connectivity index (χ1) is 12.5. The highest BCUT2D eigenvalue weighted by molar-refractivity contribution is 5.95. The first-order valence-corrected chi connectivity index (χ1v) is 9.22. The Morgan fingerprint density at radius 3 is 2.42 bits per heavy atom. The molecule has 26 heavy (non-hydrogen) atoms. The SMILES string of the molecule is CCOC(=O)N1CC[NH+](C[C@H](O)COc2ccc(C(=O)CC)cc2)CC1. The van der Waals surface area contributed by atoms with Crippen LogP contribution in [-0.4, -0.2) is 73.9 Å². The van der Waals surface area contributed by atoms with Gasteiger partial charge in [-0.15, -0.1) is 0 Å². The molecule has 1 aliphatic heterocycles. The molecule has 2 N–H and O–H groups in total. The quantitative estimate of drug-likeness (QED) is 0.651. The number of hydrogen-bond donors (Lipinski definition) is 2. The molecular formula is C19H29N2O5+. The highest BCUT2D eigenvalue weighted by Gasteiger charge is 2.26. The lowest BCUT2D eigenvalue weighted by molar-refractivity contribution is -0.907. The Kier molecular flexibility index (Phi) is 7.87.